The number of nitrogens with two attached hydrogens (primary N) is 1. The molecule has 0 saturated heterocycles. The van der Waals surface area contributed by atoms with Crippen LogP contribution in [0.4, 0.5) is 0 Å². The lowest BCUT2D eigenvalue weighted by Crippen LogP contribution is -2.12. The first-order valence-electron chi connectivity index (χ1n) is 5.59. The summed E-state index contributed by atoms with van der Waals surface area (Å²) in [4.78, 5) is 14.1. The summed E-state index contributed by atoms with van der Waals surface area (Å²) >= 11 is 0. The van der Waals surface area contributed by atoms with Crippen molar-refractivity contribution >= 4 is 5.91 Å². The van der Waals surface area contributed by atoms with Crippen molar-refractivity contribution < 1.29 is 9.90 Å². The summed E-state index contributed by atoms with van der Waals surface area (Å²) in [6, 6.07) is 5.02. The van der Waals surface area contributed by atoms with Crippen molar-refractivity contribution in [3.63, 3.8) is 0 Å². The van der Waals surface area contributed by atoms with Gasteiger partial charge in [-0.3, -0.25) is 9.78 Å². The first-order valence-corrected chi connectivity index (χ1v) is 5.59. The van der Waals surface area contributed by atoms with Gasteiger partial charge in [0.1, 0.15) is 5.69 Å². The van der Waals surface area contributed by atoms with E-state index in [-0.39, 0.29) is 6.10 Å². The lowest BCUT2D eigenvalue weighted by Gasteiger charge is -2.14. The number of pyridine rings is 1. The number of carbonyl (C=O) groups excluding carboxylic acids is 1. The van der Waals surface area contributed by atoms with Crippen LogP contribution in [0.2, 0.25) is 0 Å². The van der Waals surface area contributed by atoms with E-state index in [9.17, 15) is 4.79 Å². The molecular formula is C12H18N2O2. The second-order valence-electron chi connectivity index (χ2n) is 3.87. The van der Waals surface area contributed by atoms with Crippen LogP contribution in [0, 0.1) is 0 Å². The summed E-state index contributed by atoms with van der Waals surface area (Å²) in [7, 11) is 0. The molecule has 1 fully saturated rings. The molecule has 88 valence electrons. The van der Waals surface area contributed by atoms with Gasteiger partial charge in [0.05, 0.1) is 6.10 Å². The molecule has 0 unspecified atom stereocenters. The molecule has 1 aliphatic carbocycles. The number of carbonyl (C=O) groups is 1. The highest BCUT2D eigenvalue weighted by Crippen LogP contribution is 2.16. The number of amides is 1. The smallest absolute Gasteiger partial charge is 0.267 e. The Balaban J connectivity index is 0.000000165. The van der Waals surface area contributed by atoms with Gasteiger partial charge in [0.2, 0.25) is 0 Å². The van der Waals surface area contributed by atoms with E-state index in [1.54, 1.807) is 18.2 Å². The van der Waals surface area contributed by atoms with Gasteiger partial charge in [-0.15, -0.1) is 0 Å². The van der Waals surface area contributed by atoms with Gasteiger partial charge in [-0.25, -0.2) is 0 Å². The summed E-state index contributed by atoms with van der Waals surface area (Å²) in [6.07, 6.45) is 7.45. The predicted molar refractivity (Wildman–Crippen MR) is 61.8 cm³/mol. The zero-order valence-corrected chi connectivity index (χ0v) is 9.30. The van der Waals surface area contributed by atoms with Crippen LogP contribution in [0.15, 0.2) is 24.4 Å². The Morgan fingerprint density at radius 3 is 2.31 bits per heavy atom. The molecule has 0 radical (unpaired) electrons. The molecule has 0 bridgehead atoms. The molecule has 1 amide bonds. The van der Waals surface area contributed by atoms with Gasteiger partial charge in [-0.2, -0.15) is 0 Å². The first kappa shape index (κ1) is 12.6. The van der Waals surface area contributed by atoms with Crippen molar-refractivity contribution in [1.29, 1.82) is 0 Å². The number of rotatable bonds is 1. The summed E-state index contributed by atoms with van der Waals surface area (Å²) < 4.78 is 0. The van der Waals surface area contributed by atoms with Crippen LogP contribution in [0.3, 0.4) is 0 Å². The molecule has 1 aromatic heterocycles. The van der Waals surface area contributed by atoms with Crippen LogP contribution in [0.1, 0.15) is 42.6 Å². The highest BCUT2D eigenvalue weighted by atomic mass is 16.3. The number of aliphatic hydroxyl groups excluding tert-OH is 1. The minimum Gasteiger partial charge on any atom is -0.393 e. The Bertz CT molecular complexity index is 308. The second kappa shape index (κ2) is 6.95. The van der Waals surface area contributed by atoms with Gasteiger partial charge in [0, 0.05) is 6.20 Å². The molecule has 4 heteroatoms. The normalized spacial score (nSPS) is 16.1. The van der Waals surface area contributed by atoms with Crippen LogP contribution in [0.25, 0.3) is 0 Å². The number of aliphatic hydroxyl groups is 1. The molecule has 16 heavy (non-hydrogen) atoms. The number of aromatic nitrogens is 1. The molecule has 1 saturated carbocycles. The van der Waals surface area contributed by atoms with Crippen molar-refractivity contribution in [3.05, 3.63) is 30.1 Å². The molecule has 4 nitrogen and oxygen atoms in total. The molecule has 1 heterocycles. The van der Waals surface area contributed by atoms with E-state index in [1.165, 1.54) is 25.5 Å². The monoisotopic (exact) mass is 222 g/mol. The zero-order valence-electron chi connectivity index (χ0n) is 9.30. The van der Waals surface area contributed by atoms with Gasteiger partial charge < -0.3 is 10.8 Å². The molecule has 3 N–H and O–H groups in total. The van der Waals surface area contributed by atoms with E-state index < -0.39 is 5.91 Å². The number of primary amides is 1. The molecule has 0 atom stereocenters. The third-order valence-corrected chi connectivity index (χ3v) is 2.49. The number of nitrogens with zero attached hydrogens (tertiary/aromatic N) is 1. The van der Waals surface area contributed by atoms with Crippen LogP contribution in [0.5, 0.6) is 0 Å². The predicted octanol–water partition coefficient (Wildman–Crippen LogP) is 1.49. The maximum Gasteiger partial charge on any atom is 0.267 e. The van der Waals surface area contributed by atoms with E-state index >= 15 is 0 Å². The van der Waals surface area contributed by atoms with Gasteiger partial charge >= 0.3 is 0 Å². The Hall–Kier alpha value is -1.42. The molecule has 0 spiro atoms. The maximum absolute atomic E-state index is 10.4. The van der Waals surface area contributed by atoms with Crippen LogP contribution in [-0.4, -0.2) is 22.1 Å². The van der Waals surface area contributed by atoms with Gasteiger partial charge in [0.25, 0.3) is 5.91 Å². The first-order chi connectivity index (χ1) is 7.70. The second-order valence-corrected chi connectivity index (χ2v) is 3.87. The van der Waals surface area contributed by atoms with Crippen molar-refractivity contribution in [2.24, 2.45) is 5.73 Å². The number of hydrogen-bond acceptors (Lipinski definition) is 3. The quantitative estimate of drug-likeness (QED) is 0.755. The number of hydrogen-bond donors (Lipinski definition) is 2. The average Bonchev–Trinajstić information content (AvgIpc) is 2.32. The third kappa shape index (κ3) is 4.89. The minimum atomic E-state index is -0.490. The van der Waals surface area contributed by atoms with E-state index in [2.05, 4.69) is 4.98 Å². The van der Waals surface area contributed by atoms with Crippen LogP contribution in [-0.2, 0) is 0 Å². The van der Waals surface area contributed by atoms with Crippen molar-refractivity contribution in [1.82, 2.24) is 4.98 Å². The van der Waals surface area contributed by atoms with Crippen molar-refractivity contribution in [3.8, 4) is 0 Å². The highest BCUT2D eigenvalue weighted by Gasteiger charge is 2.07. The standard InChI is InChI=1S/C6H6N2O.C6H12O/c7-6(9)5-3-1-2-4-8-5;7-6-4-2-1-3-5-6/h1-4H,(H2,7,9);6-7H,1-5H2. The van der Waals surface area contributed by atoms with Crippen molar-refractivity contribution in [2.75, 3.05) is 0 Å². The van der Waals surface area contributed by atoms with E-state index in [0.29, 0.717) is 5.69 Å². The fraction of sp³-hybridized carbons (Fsp3) is 0.500. The van der Waals surface area contributed by atoms with Gasteiger partial charge in [-0.05, 0) is 25.0 Å². The molecular weight excluding hydrogens is 204 g/mol. The Morgan fingerprint density at radius 1 is 1.31 bits per heavy atom. The van der Waals surface area contributed by atoms with Gasteiger partial charge in [-0.1, -0.05) is 25.3 Å². The molecule has 1 aromatic rings. The fourth-order valence-electron chi connectivity index (χ4n) is 1.59. The summed E-state index contributed by atoms with van der Waals surface area (Å²) in [5, 5.41) is 8.91. The largest absolute Gasteiger partial charge is 0.393 e. The lowest BCUT2D eigenvalue weighted by molar-refractivity contribution is 0.0995. The molecule has 0 aliphatic heterocycles. The summed E-state index contributed by atoms with van der Waals surface area (Å²) in [5.41, 5.74) is 5.22. The molecule has 2 rings (SSSR count). The molecule has 1 aliphatic rings. The van der Waals surface area contributed by atoms with E-state index in [0.717, 1.165) is 12.8 Å². The minimum absolute atomic E-state index is 0.0359. The Kier molecular flexibility index (Phi) is 5.50. The lowest BCUT2D eigenvalue weighted by atomic mass is 9.98. The summed E-state index contributed by atoms with van der Waals surface area (Å²) in [5.74, 6) is -0.490. The van der Waals surface area contributed by atoms with E-state index in [1.807, 2.05) is 0 Å². The van der Waals surface area contributed by atoms with Gasteiger partial charge in [0.15, 0.2) is 0 Å². The average molecular weight is 222 g/mol. The SMILES string of the molecule is NC(=O)c1ccccn1.OC1CCCCC1. The Labute approximate surface area is 95.5 Å². The third-order valence-electron chi connectivity index (χ3n) is 2.49. The topological polar surface area (TPSA) is 76.2 Å². The van der Waals surface area contributed by atoms with Crippen LogP contribution < -0.4 is 5.73 Å². The van der Waals surface area contributed by atoms with Crippen LogP contribution >= 0.6 is 0 Å². The summed E-state index contributed by atoms with van der Waals surface area (Å²) in [6.45, 7) is 0. The Morgan fingerprint density at radius 2 is 2.00 bits per heavy atom. The fourth-order valence-corrected chi connectivity index (χ4v) is 1.59. The molecule has 0 aromatic carbocycles. The van der Waals surface area contributed by atoms with Crippen molar-refractivity contribution in [2.45, 2.75) is 38.2 Å². The van der Waals surface area contributed by atoms with E-state index in [4.69, 9.17) is 10.8 Å². The zero-order chi connectivity index (χ0) is 11.8. The highest BCUT2D eigenvalue weighted by molar-refractivity contribution is 5.90. The maximum atomic E-state index is 10.4.